The zero-order chi connectivity index (χ0) is 21.3. The average molecular weight is 445 g/mol. The summed E-state index contributed by atoms with van der Waals surface area (Å²) < 4.78 is 11.5. The third-order valence-corrected chi connectivity index (χ3v) is 5.29. The number of hydrogen-bond donors (Lipinski definition) is 1. The van der Waals surface area contributed by atoms with E-state index < -0.39 is 0 Å². The van der Waals surface area contributed by atoms with Crippen LogP contribution in [0.1, 0.15) is 32.4 Å². The first-order valence-electron chi connectivity index (χ1n) is 9.99. The van der Waals surface area contributed by atoms with Gasteiger partial charge in [0.15, 0.2) is 11.5 Å². The van der Waals surface area contributed by atoms with Crippen LogP contribution in [0.15, 0.2) is 47.8 Å². The Balaban J connectivity index is 1.65. The van der Waals surface area contributed by atoms with Crippen LogP contribution in [0.3, 0.4) is 0 Å². The minimum absolute atomic E-state index is 0.137. The maximum atomic E-state index is 12.5. The van der Waals surface area contributed by atoms with Crippen molar-refractivity contribution in [1.82, 2.24) is 4.98 Å². The van der Waals surface area contributed by atoms with Crippen molar-refractivity contribution in [2.24, 2.45) is 0 Å². The Kier molecular flexibility index (Phi) is 8.11. The largest absolute Gasteiger partial charge is 0.490 e. The van der Waals surface area contributed by atoms with Crippen molar-refractivity contribution in [3.63, 3.8) is 0 Å². The zero-order valence-corrected chi connectivity index (χ0v) is 18.7. The Morgan fingerprint density at radius 1 is 1.07 bits per heavy atom. The van der Waals surface area contributed by atoms with Crippen LogP contribution in [0, 0.1) is 0 Å². The highest BCUT2D eigenvalue weighted by Crippen LogP contribution is 2.31. The molecule has 1 heterocycles. The quantitative estimate of drug-likeness (QED) is 0.403. The Hall–Kier alpha value is -2.57. The molecule has 3 rings (SSSR count). The number of halogens is 1. The number of carbonyl (C=O) groups excluding carboxylic acids is 1. The first-order chi connectivity index (χ1) is 14.6. The Labute approximate surface area is 186 Å². The van der Waals surface area contributed by atoms with Gasteiger partial charge in [-0.3, -0.25) is 4.79 Å². The molecule has 0 aliphatic carbocycles. The van der Waals surface area contributed by atoms with E-state index >= 15 is 0 Å². The number of ether oxygens (including phenoxy) is 2. The molecule has 1 N–H and O–H groups in total. The monoisotopic (exact) mass is 444 g/mol. The number of nitrogens with zero attached hydrogens (tertiary/aromatic N) is 1. The highest BCUT2D eigenvalue weighted by Gasteiger charge is 2.12. The summed E-state index contributed by atoms with van der Waals surface area (Å²) in [6.45, 7) is 5.30. The van der Waals surface area contributed by atoms with E-state index in [2.05, 4.69) is 17.2 Å². The van der Waals surface area contributed by atoms with Gasteiger partial charge in [0.25, 0.3) is 0 Å². The second kappa shape index (κ2) is 11.0. The molecule has 0 bridgehead atoms. The van der Waals surface area contributed by atoms with Crippen molar-refractivity contribution in [3.8, 4) is 22.1 Å². The molecular weight excluding hydrogens is 420 g/mol. The standard InChI is InChI=1S/C23H25ClN2O3S/c1-3-10-28-20-9-8-18(13-21(20)29-11-4-2)25-22(27)14-19-15-30-23(26-19)16-6-5-7-17(24)12-16/h5-9,12-13,15H,3-4,10-11,14H2,1-2H3,(H,25,27). The van der Waals surface area contributed by atoms with Crippen LogP contribution < -0.4 is 14.8 Å². The maximum absolute atomic E-state index is 12.5. The fourth-order valence-electron chi connectivity index (χ4n) is 2.75. The van der Waals surface area contributed by atoms with E-state index in [1.54, 1.807) is 6.07 Å². The fourth-order valence-corrected chi connectivity index (χ4v) is 3.76. The first-order valence-corrected chi connectivity index (χ1v) is 11.2. The summed E-state index contributed by atoms with van der Waals surface area (Å²) in [6.07, 6.45) is 2.00. The molecule has 5 nitrogen and oxygen atoms in total. The lowest BCUT2D eigenvalue weighted by Gasteiger charge is -2.14. The summed E-state index contributed by atoms with van der Waals surface area (Å²) >= 11 is 7.55. The van der Waals surface area contributed by atoms with Crippen molar-refractivity contribution < 1.29 is 14.3 Å². The predicted octanol–water partition coefficient (Wildman–Crippen LogP) is 6.22. The van der Waals surface area contributed by atoms with Gasteiger partial charge < -0.3 is 14.8 Å². The summed E-state index contributed by atoms with van der Waals surface area (Å²) in [5, 5.41) is 6.32. The number of carbonyl (C=O) groups is 1. The summed E-state index contributed by atoms with van der Waals surface area (Å²) in [7, 11) is 0. The van der Waals surface area contributed by atoms with E-state index in [4.69, 9.17) is 21.1 Å². The lowest BCUT2D eigenvalue weighted by molar-refractivity contribution is -0.115. The number of thiazole rings is 1. The fraction of sp³-hybridized carbons (Fsp3) is 0.304. The van der Waals surface area contributed by atoms with Gasteiger partial charge in [0.1, 0.15) is 5.01 Å². The molecule has 30 heavy (non-hydrogen) atoms. The molecule has 7 heteroatoms. The molecule has 1 amide bonds. The molecule has 0 spiro atoms. The molecule has 2 aromatic carbocycles. The predicted molar refractivity (Wildman–Crippen MR) is 123 cm³/mol. The second-order valence-corrected chi connectivity index (χ2v) is 8.03. The van der Waals surface area contributed by atoms with Crippen LogP contribution in [0.4, 0.5) is 5.69 Å². The van der Waals surface area contributed by atoms with Gasteiger partial charge in [0, 0.05) is 27.7 Å². The molecular formula is C23H25ClN2O3S. The van der Waals surface area contributed by atoms with Crippen molar-refractivity contribution in [2.75, 3.05) is 18.5 Å². The third-order valence-electron chi connectivity index (χ3n) is 4.12. The van der Waals surface area contributed by atoms with E-state index in [1.807, 2.05) is 48.7 Å². The van der Waals surface area contributed by atoms with Crippen LogP contribution >= 0.6 is 22.9 Å². The SMILES string of the molecule is CCCOc1ccc(NC(=O)Cc2csc(-c3cccc(Cl)c3)n2)cc1OCCC. The molecule has 1 aromatic heterocycles. The van der Waals surface area contributed by atoms with Gasteiger partial charge in [-0.25, -0.2) is 4.98 Å². The lowest BCUT2D eigenvalue weighted by atomic mass is 10.2. The number of benzene rings is 2. The first kappa shape index (κ1) is 22.1. The zero-order valence-electron chi connectivity index (χ0n) is 17.1. The number of aromatic nitrogens is 1. The number of anilines is 1. The Morgan fingerprint density at radius 2 is 1.83 bits per heavy atom. The second-order valence-electron chi connectivity index (χ2n) is 6.74. The molecule has 3 aromatic rings. The van der Waals surface area contributed by atoms with Crippen molar-refractivity contribution in [1.29, 1.82) is 0 Å². The number of rotatable bonds is 10. The number of hydrogen-bond acceptors (Lipinski definition) is 5. The van der Waals surface area contributed by atoms with Crippen LogP contribution in [-0.2, 0) is 11.2 Å². The summed E-state index contributed by atoms with van der Waals surface area (Å²) in [6, 6.07) is 13.0. The van der Waals surface area contributed by atoms with Crippen molar-refractivity contribution in [2.45, 2.75) is 33.1 Å². The minimum atomic E-state index is -0.137. The van der Waals surface area contributed by atoms with Crippen LogP contribution in [0.25, 0.3) is 10.6 Å². The molecule has 0 unspecified atom stereocenters. The van der Waals surface area contributed by atoms with Crippen molar-refractivity contribution >= 4 is 34.5 Å². The van der Waals surface area contributed by atoms with E-state index in [-0.39, 0.29) is 12.3 Å². The molecule has 0 aliphatic heterocycles. The van der Waals surface area contributed by atoms with Crippen LogP contribution in [0.2, 0.25) is 5.02 Å². The highest BCUT2D eigenvalue weighted by molar-refractivity contribution is 7.13. The molecule has 0 saturated carbocycles. The molecule has 0 radical (unpaired) electrons. The van der Waals surface area contributed by atoms with Crippen LogP contribution in [-0.4, -0.2) is 24.1 Å². The minimum Gasteiger partial charge on any atom is -0.490 e. The lowest BCUT2D eigenvalue weighted by Crippen LogP contribution is -2.14. The molecule has 0 saturated heterocycles. The van der Waals surface area contributed by atoms with E-state index in [0.717, 1.165) is 29.1 Å². The third kappa shape index (κ3) is 6.21. The van der Waals surface area contributed by atoms with E-state index in [0.29, 0.717) is 35.4 Å². The van der Waals surface area contributed by atoms with Gasteiger partial charge in [0.2, 0.25) is 5.91 Å². The molecule has 0 aliphatic rings. The normalized spacial score (nSPS) is 10.6. The van der Waals surface area contributed by atoms with Gasteiger partial charge in [-0.05, 0) is 37.1 Å². The average Bonchev–Trinajstić information content (AvgIpc) is 3.20. The van der Waals surface area contributed by atoms with Gasteiger partial charge >= 0.3 is 0 Å². The van der Waals surface area contributed by atoms with E-state index in [1.165, 1.54) is 11.3 Å². The maximum Gasteiger partial charge on any atom is 0.230 e. The summed E-state index contributed by atoms with van der Waals surface area (Å²) in [5.74, 6) is 1.19. The van der Waals surface area contributed by atoms with Gasteiger partial charge in [-0.2, -0.15) is 0 Å². The molecule has 158 valence electrons. The molecule has 0 fully saturated rings. The topological polar surface area (TPSA) is 60.5 Å². The smallest absolute Gasteiger partial charge is 0.230 e. The molecule has 0 atom stereocenters. The number of amides is 1. The van der Waals surface area contributed by atoms with E-state index in [9.17, 15) is 4.79 Å². The van der Waals surface area contributed by atoms with Gasteiger partial charge in [-0.1, -0.05) is 37.6 Å². The van der Waals surface area contributed by atoms with Gasteiger partial charge in [-0.15, -0.1) is 11.3 Å². The summed E-state index contributed by atoms with van der Waals surface area (Å²) in [4.78, 5) is 17.1. The van der Waals surface area contributed by atoms with Gasteiger partial charge in [0.05, 0.1) is 25.3 Å². The van der Waals surface area contributed by atoms with Crippen molar-refractivity contribution in [3.05, 3.63) is 58.6 Å². The Morgan fingerprint density at radius 3 is 2.57 bits per heavy atom. The van der Waals surface area contributed by atoms with Crippen LogP contribution in [0.5, 0.6) is 11.5 Å². The summed E-state index contributed by atoms with van der Waals surface area (Å²) in [5.41, 5.74) is 2.33. The highest BCUT2D eigenvalue weighted by atomic mass is 35.5. The Bertz CT molecular complexity index is 990. The number of nitrogens with one attached hydrogen (secondary N) is 1.